The highest BCUT2D eigenvalue weighted by atomic mass is 16.5. The molecule has 1 heterocycles. The average molecular weight is 235 g/mol. The van der Waals surface area contributed by atoms with E-state index in [4.69, 9.17) is 4.74 Å². The molecule has 0 bridgehead atoms. The van der Waals surface area contributed by atoms with Crippen LogP contribution in [-0.4, -0.2) is 44.4 Å². The molecule has 0 aliphatic rings. The summed E-state index contributed by atoms with van der Waals surface area (Å²) in [4.78, 5) is 21.3. The zero-order valence-corrected chi connectivity index (χ0v) is 10.4. The molecule has 1 rings (SSSR count). The largest absolute Gasteiger partial charge is 0.465 e. The van der Waals surface area contributed by atoms with E-state index in [2.05, 4.69) is 9.98 Å². The molecule has 0 unspecified atom stereocenters. The van der Waals surface area contributed by atoms with Crippen LogP contribution >= 0.6 is 0 Å². The van der Waals surface area contributed by atoms with Gasteiger partial charge in [0.25, 0.3) is 0 Å². The fourth-order valence-electron chi connectivity index (χ4n) is 1.31. The highest BCUT2D eigenvalue weighted by molar-refractivity contribution is 5.87. The molecule has 1 aromatic rings. The zero-order valence-electron chi connectivity index (χ0n) is 10.4. The third kappa shape index (κ3) is 4.22. The summed E-state index contributed by atoms with van der Waals surface area (Å²) in [6.07, 6.45) is 3.36. The summed E-state index contributed by atoms with van der Waals surface area (Å²) in [5.41, 5.74) is 0.877. The van der Waals surface area contributed by atoms with Crippen molar-refractivity contribution in [2.24, 2.45) is 4.99 Å². The van der Waals surface area contributed by atoms with Crippen molar-refractivity contribution >= 4 is 18.0 Å². The monoisotopic (exact) mass is 235 g/mol. The van der Waals surface area contributed by atoms with Gasteiger partial charge in [0.05, 0.1) is 6.61 Å². The van der Waals surface area contributed by atoms with Gasteiger partial charge in [-0.25, -0.2) is 4.98 Å². The number of pyridine rings is 1. The van der Waals surface area contributed by atoms with Crippen LogP contribution in [-0.2, 0) is 9.53 Å². The SMILES string of the molecule is CCOC(=O)CN=Cc1cccnc1N(C)C. The van der Waals surface area contributed by atoms with E-state index < -0.39 is 0 Å². The first-order valence-corrected chi connectivity index (χ1v) is 5.43. The molecule has 5 heteroatoms. The Bertz CT molecular complexity index is 402. The second kappa shape index (κ2) is 6.62. The Balaban J connectivity index is 2.68. The summed E-state index contributed by atoms with van der Waals surface area (Å²) in [7, 11) is 3.82. The maximum atomic E-state index is 11.1. The summed E-state index contributed by atoms with van der Waals surface area (Å²) in [6.45, 7) is 2.19. The van der Waals surface area contributed by atoms with E-state index in [9.17, 15) is 4.79 Å². The minimum Gasteiger partial charge on any atom is -0.465 e. The molecule has 0 saturated heterocycles. The van der Waals surface area contributed by atoms with Crippen LogP contribution in [0.1, 0.15) is 12.5 Å². The Kier molecular flexibility index (Phi) is 5.13. The lowest BCUT2D eigenvalue weighted by molar-refractivity contribution is -0.141. The van der Waals surface area contributed by atoms with Crippen LogP contribution in [0.15, 0.2) is 23.3 Å². The highest BCUT2D eigenvalue weighted by Crippen LogP contribution is 2.11. The Morgan fingerprint density at radius 1 is 1.59 bits per heavy atom. The van der Waals surface area contributed by atoms with Gasteiger partial charge in [-0.3, -0.25) is 9.79 Å². The molecule has 1 aromatic heterocycles. The van der Waals surface area contributed by atoms with Crippen LogP contribution in [0.25, 0.3) is 0 Å². The van der Waals surface area contributed by atoms with Crippen LogP contribution in [0.5, 0.6) is 0 Å². The van der Waals surface area contributed by atoms with Crippen molar-refractivity contribution in [1.29, 1.82) is 0 Å². The molecule has 0 N–H and O–H groups in total. The minimum atomic E-state index is -0.320. The first-order chi connectivity index (χ1) is 8.15. The summed E-state index contributed by atoms with van der Waals surface area (Å²) < 4.78 is 4.78. The van der Waals surface area contributed by atoms with E-state index in [0.717, 1.165) is 11.4 Å². The Morgan fingerprint density at radius 3 is 3.00 bits per heavy atom. The molecule has 0 aromatic carbocycles. The van der Waals surface area contributed by atoms with E-state index in [-0.39, 0.29) is 12.5 Å². The molecule has 92 valence electrons. The summed E-state index contributed by atoms with van der Waals surface area (Å²) in [5.74, 6) is 0.499. The quantitative estimate of drug-likeness (QED) is 0.567. The molecule has 0 atom stereocenters. The molecule has 0 fully saturated rings. The van der Waals surface area contributed by atoms with E-state index >= 15 is 0 Å². The van der Waals surface area contributed by atoms with Gasteiger partial charge < -0.3 is 9.64 Å². The maximum absolute atomic E-state index is 11.1. The number of carbonyl (C=O) groups is 1. The third-order valence-corrected chi connectivity index (χ3v) is 2.00. The first-order valence-electron chi connectivity index (χ1n) is 5.43. The van der Waals surface area contributed by atoms with Gasteiger partial charge in [-0.1, -0.05) is 0 Å². The predicted molar refractivity (Wildman–Crippen MR) is 67.7 cm³/mol. The zero-order chi connectivity index (χ0) is 12.7. The number of esters is 1. The summed E-state index contributed by atoms with van der Waals surface area (Å²) >= 11 is 0. The van der Waals surface area contributed by atoms with Gasteiger partial charge in [0.2, 0.25) is 0 Å². The van der Waals surface area contributed by atoms with Crippen LogP contribution in [0.2, 0.25) is 0 Å². The van der Waals surface area contributed by atoms with E-state index in [0.29, 0.717) is 6.61 Å². The number of hydrogen-bond acceptors (Lipinski definition) is 5. The van der Waals surface area contributed by atoms with E-state index in [1.54, 1.807) is 19.3 Å². The lowest BCUT2D eigenvalue weighted by atomic mass is 10.2. The predicted octanol–water partition coefficient (Wildman–Crippen LogP) is 1.13. The second-order valence-corrected chi connectivity index (χ2v) is 3.59. The van der Waals surface area contributed by atoms with E-state index in [1.165, 1.54) is 0 Å². The summed E-state index contributed by atoms with van der Waals surface area (Å²) in [5, 5.41) is 0. The van der Waals surface area contributed by atoms with Crippen molar-refractivity contribution in [2.75, 3.05) is 32.1 Å². The Hall–Kier alpha value is -1.91. The lowest BCUT2D eigenvalue weighted by Gasteiger charge is -2.13. The van der Waals surface area contributed by atoms with E-state index in [1.807, 2.05) is 31.1 Å². The number of nitrogens with zero attached hydrogens (tertiary/aromatic N) is 3. The number of ether oxygens (including phenoxy) is 1. The number of carbonyl (C=O) groups excluding carboxylic acids is 1. The standard InChI is InChI=1S/C12H17N3O2/c1-4-17-11(16)9-13-8-10-6-5-7-14-12(10)15(2)3/h5-8H,4,9H2,1-3H3. The van der Waals surface area contributed by atoms with Crippen molar-refractivity contribution < 1.29 is 9.53 Å². The van der Waals surface area contributed by atoms with Gasteiger partial charge in [-0.2, -0.15) is 0 Å². The molecule has 0 spiro atoms. The lowest BCUT2D eigenvalue weighted by Crippen LogP contribution is -2.13. The van der Waals surface area contributed by atoms with Crippen molar-refractivity contribution in [2.45, 2.75) is 6.92 Å². The Labute approximate surface area is 101 Å². The second-order valence-electron chi connectivity index (χ2n) is 3.59. The van der Waals surface area contributed by atoms with Gasteiger partial charge in [-0.05, 0) is 19.1 Å². The Morgan fingerprint density at radius 2 is 2.35 bits per heavy atom. The van der Waals surface area contributed by atoms with Crippen molar-refractivity contribution in [3.05, 3.63) is 23.9 Å². The third-order valence-electron chi connectivity index (χ3n) is 2.00. The minimum absolute atomic E-state index is 0.0373. The van der Waals surface area contributed by atoms with Crippen molar-refractivity contribution in [1.82, 2.24) is 4.98 Å². The average Bonchev–Trinajstić information content (AvgIpc) is 2.30. The fourth-order valence-corrected chi connectivity index (χ4v) is 1.31. The number of aliphatic imine (C=N–C) groups is 1. The number of aromatic nitrogens is 1. The molecular formula is C12H17N3O2. The van der Waals surface area contributed by atoms with Crippen LogP contribution in [0.3, 0.4) is 0 Å². The van der Waals surface area contributed by atoms with Gasteiger partial charge >= 0.3 is 5.97 Å². The molecule has 0 amide bonds. The maximum Gasteiger partial charge on any atom is 0.327 e. The van der Waals surface area contributed by atoms with Gasteiger partial charge in [0, 0.05) is 32.1 Å². The number of rotatable bonds is 5. The molecule has 5 nitrogen and oxygen atoms in total. The van der Waals surface area contributed by atoms with Crippen LogP contribution in [0, 0.1) is 0 Å². The van der Waals surface area contributed by atoms with Crippen molar-refractivity contribution in [3.8, 4) is 0 Å². The number of hydrogen-bond donors (Lipinski definition) is 0. The molecule has 0 radical (unpaired) electrons. The molecular weight excluding hydrogens is 218 g/mol. The van der Waals surface area contributed by atoms with Gasteiger partial charge in [-0.15, -0.1) is 0 Å². The molecule has 17 heavy (non-hydrogen) atoms. The fraction of sp³-hybridized carbons (Fsp3) is 0.417. The van der Waals surface area contributed by atoms with Gasteiger partial charge in [0.15, 0.2) is 0 Å². The highest BCUT2D eigenvalue weighted by Gasteiger charge is 2.03. The molecule has 0 aliphatic carbocycles. The topological polar surface area (TPSA) is 54.8 Å². The molecule has 0 aliphatic heterocycles. The molecule has 0 saturated carbocycles. The van der Waals surface area contributed by atoms with Gasteiger partial charge in [0.1, 0.15) is 12.4 Å². The summed E-state index contributed by atoms with van der Waals surface area (Å²) in [6, 6.07) is 3.73. The van der Waals surface area contributed by atoms with Crippen LogP contribution < -0.4 is 4.90 Å². The smallest absolute Gasteiger partial charge is 0.327 e. The van der Waals surface area contributed by atoms with Crippen LogP contribution in [0.4, 0.5) is 5.82 Å². The normalized spacial score (nSPS) is 10.5. The van der Waals surface area contributed by atoms with Crippen molar-refractivity contribution in [3.63, 3.8) is 0 Å². The number of anilines is 1. The first kappa shape index (κ1) is 13.2.